The summed E-state index contributed by atoms with van der Waals surface area (Å²) in [5.74, 6) is 0.426. The predicted molar refractivity (Wildman–Crippen MR) is 112 cm³/mol. The summed E-state index contributed by atoms with van der Waals surface area (Å²) in [5, 5.41) is 0.413. The van der Waals surface area contributed by atoms with Crippen molar-refractivity contribution in [3.63, 3.8) is 0 Å². The van der Waals surface area contributed by atoms with Crippen molar-refractivity contribution >= 4 is 29.5 Å². The molecule has 28 heavy (non-hydrogen) atoms. The standard InChI is InChI=1S/C20H24N2O4S2/c1-5-16(19(24)26-6-2)28-20-21-15-11-12(3)27-17(15)18(23)22(20)13-7-9-14(25-4)10-8-13/h7-10,12,16H,5-6,11H2,1-4H3/t12-,16+/m0/s1. The molecule has 150 valence electrons. The number of carbonyl (C=O) groups is 1. The van der Waals surface area contributed by atoms with E-state index in [9.17, 15) is 9.59 Å². The van der Waals surface area contributed by atoms with E-state index in [0.717, 1.165) is 12.1 Å². The number of nitrogens with zero attached hydrogens (tertiary/aromatic N) is 2. The van der Waals surface area contributed by atoms with Crippen LogP contribution in [0.4, 0.5) is 0 Å². The number of hydrogen-bond donors (Lipinski definition) is 0. The Balaban J connectivity index is 2.09. The van der Waals surface area contributed by atoms with Crippen LogP contribution in [-0.4, -0.2) is 39.7 Å². The lowest BCUT2D eigenvalue weighted by Gasteiger charge is -2.17. The number of carbonyl (C=O) groups excluding carboxylic acids is 1. The minimum atomic E-state index is -0.416. The average Bonchev–Trinajstić information content (AvgIpc) is 3.07. The Morgan fingerprint density at radius 1 is 1.36 bits per heavy atom. The molecule has 8 heteroatoms. The maximum absolute atomic E-state index is 13.3. The van der Waals surface area contributed by atoms with Gasteiger partial charge >= 0.3 is 5.97 Å². The van der Waals surface area contributed by atoms with E-state index in [1.807, 2.05) is 31.2 Å². The highest BCUT2D eigenvalue weighted by molar-refractivity contribution is 8.00. The van der Waals surface area contributed by atoms with Gasteiger partial charge in [-0.15, -0.1) is 11.8 Å². The van der Waals surface area contributed by atoms with Crippen LogP contribution in [0.25, 0.3) is 5.69 Å². The summed E-state index contributed by atoms with van der Waals surface area (Å²) in [5.41, 5.74) is 1.42. The Morgan fingerprint density at radius 2 is 2.07 bits per heavy atom. The molecule has 0 saturated heterocycles. The van der Waals surface area contributed by atoms with E-state index >= 15 is 0 Å². The SMILES string of the molecule is CCOC(=O)[C@@H](CC)Sc1nc2c(c(=O)n1-c1ccc(OC)cc1)S[C@@H](C)C2. The van der Waals surface area contributed by atoms with E-state index in [0.29, 0.717) is 39.8 Å². The fraction of sp³-hybridized carbons (Fsp3) is 0.450. The molecule has 1 aromatic heterocycles. The lowest BCUT2D eigenvalue weighted by atomic mass is 10.2. The maximum atomic E-state index is 13.3. The Hall–Kier alpha value is -1.93. The van der Waals surface area contributed by atoms with Gasteiger partial charge in [-0.05, 0) is 37.6 Å². The van der Waals surface area contributed by atoms with Crippen molar-refractivity contribution in [3.05, 3.63) is 40.3 Å². The van der Waals surface area contributed by atoms with E-state index in [1.54, 1.807) is 30.4 Å². The molecule has 0 unspecified atom stereocenters. The summed E-state index contributed by atoms with van der Waals surface area (Å²) in [6.07, 6.45) is 1.34. The second-order valence-corrected chi connectivity index (χ2v) is 9.03. The third kappa shape index (κ3) is 4.22. The molecule has 0 N–H and O–H groups in total. The third-order valence-electron chi connectivity index (χ3n) is 4.38. The fourth-order valence-electron chi connectivity index (χ4n) is 3.00. The monoisotopic (exact) mass is 420 g/mol. The molecule has 2 aromatic rings. The summed E-state index contributed by atoms with van der Waals surface area (Å²) >= 11 is 2.85. The largest absolute Gasteiger partial charge is 0.497 e. The summed E-state index contributed by atoms with van der Waals surface area (Å²) in [6, 6.07) is 7.27. The molecule has 0 radical (unpaired) electrons. The number of ether oxygens (including phenoxy) is 2. The molecule has 2 heterocycles. The second kappa shape index (κ2) is 9.05. The topological polar surface area (TPSA) is 70.4 Å². The molecular formula is C20H24N2O4S2. The first-order valence-corrected chi connectivity index (χ1v) is 11.0. The van der Waals surface area contributed by atoms with Crippen molar-refractivity contribution in [2.24, 2.45) is 0 Å². The molecule has 0 spiro atoms. The Labute approximate surface area is 173 Å². The lowest BCUT2D eigenvalue weighted by Crippen LogP contribution is -2.26. The van der Waals surface area contributed by atoms with Gasteiger partial charge in [-0.2, -0.15) is 0 Å². The zero-order valence-corrected chi connectivity index (χ0v) is 18.1. The van der Waals surface area contributed by atoms with Gasteiger partial charge in [0.1, 0.15) is 11.0 Å². The van der Waals surface area contributed by atoms with Gasteiger partial charge in [0.05, 0.1) is 30.0 Å². The van der Waals surface area contributed by atoms with E-state index in [1.165, 1.54) is 11.8 Å². The molecule has 2 atom stereocenters. The molecule has 0 bridgehead atoms. The number of esters is 1. The zero-order chi connectivity index (χ0) is 20.3. The first-order valence-electron chi connectivity index (χ1n) is 9.28. The smallest absolute Gasteiger partial charge is 0.319 e. The predicted octanol–water partition coefficient (Wildman–Crippen LogP) is 3.71. The van der Waals surface area contributed by atoms with E-state index in [-0.39, 0.29) is 11.5 Å². The molecule has 0 amide bonds. The summed E-state index contributed by atoms with van der Waals surface area (Å²) in [6.45, 7) is 6.13. The highest BCUT2D eigenvalue weighted by Gasteiger charge is 2.29. The number of benzene rings is 1. The number of fused-ring (bicyclic) bond motifs is 1. The van der Waals surface area contributed by atoms with Crippen molar-refractivity contribution in [1.82, 2.24) is 9.55 Å². The number of methoxy groups -OCH3 is 1. The maximum Gasteiger partial charge on any atom is 0.319 e. The van der Waals surface area contributed by atoms with E-state index < -0.39 is 5.25 Å². The van der Waals surface area contributed by atoms with Gasteiger partial charge < -0.3 is 9.47 Å². The Kier molecular flexibility index (Phi) is 6.72. The minimum absolute atomic E-state index is 0.0919. The second-order valence-electron chi connectivity index (χ2n) is 6.41. The van der Waals surface area contributed by atoms with Crippen molar-refractivity contribution in [2.45, 2.75) is 54.2 Å². The van der Waals surface area contributed by atoms with Gasteiger partial charge in [0.15, 0.2) is 5.16 Å². The summed E-state index contributed by atoms with van der Waals surface area (Å²) in [4.78, 5) is 31.1. The Bertz CT molecular complexity index is 912. The number of rotatable bonds is 7. The van der Waals surface area contributed by atoms with Crippen molar-refractivity contribution in [2.75, 3.05) is 13.7 Å². The van der Waals surface area contributed by atoms with Crippen LogP contribution in [-0.2, 0) is 16.0 Å². The highest BCUT2D eigenvalue weighted by Crippen LogP contribution is 2.36. The average molecular weight is 421 g/mol. The van der Waals surface area contributed by atoms with Gasteiger partial charge in [0.25, 0.3) is 5.56 Å². The molecule has 1 aliphatic rings. The van der Waals surface area contributed by atoms with Crippen LogP contribution >= 0.6 is 23.5 Å². The molecule has 0 fully saturated rings. The number of thioether (sulfide) groups is 2. The van der Waals surface area contributed by atoms with Crippen LogP contribution < -0.4 is 10.3 Å². The Morgan fingerprint density at radius 3 is 2.68 bits per heavy atom. The van der Waals surface area contributed by atoms with Crippen LogP contribution in [0.5, 0.6) is 5.75 Å². The normalized spacial score (nSPS) is 16.5. The minimum Gasteiger partial charge on any atom is -0.497 e. The fourth-order valence-corrected chi connectivity index (χ4v) is 5.14. The first-order chi connectivity index (χ1) is 13.5. The van der Waals surface area contributed by atoms with Crippen LogP contribution in [0.15, 0.2) is 39.1 Å². The molecule has 1 aromatic carbocycles. The van der Waals surface area contributed by atoms with Crippen molar-refractivity contribution in [1.29, 1.82) is 0 Å². The molecule has 6 nitrogen and oxygen atoms in total. The van der Waals surface area contributed by atoms with Crippen LogP contribution in [0.1, 0.15) is 32.9 Å². The highest BCUT2D eigenvalue weighted by atomic mass is 32.2. The quantitative estimate of drug-likeness (QED) is 0.384. The van der Waals surface area contributed by atoms with Gasteiger partial charge in [-0.3, -0.25) is 14.2 Å². The van der Waals surface area contributed by atoms with Crippen LogP contribution in [0, 0.1) is 0 Å². The number of hydrogen-bond acceptors (Lipinski definition) is 7. The van der Waals surface area contributed by atoms with Gasteiger partial charge in [-0.25, -0.2) is 4.98 Å². The molecule has 0 saturated carbocycles. The van der Waals surface area contributed by atoms with Crippen LogP contribution in [0.3, 0.4) is 0 Å². The first kappa shape index (κ1) is 20.8. The molecular weight excluding hydrogens is 396 g/mol. The van der Waals surface area contributed by atoms with Crippen molar-refractivity contribution in [3.8, 4) is 11.4 Å². The van der Waals surface area contributed by atoms with Gasteiger partial charge in [0.2, 0.25) is 0 Å². The lowest BCUT2D eigenvalue weighted by molar-refractivity contribution is -0.142. The van der Waals surface area contributed by atoms with E-state index in [2.05, 4.69) is 6.92 Å². The zero-order valence-electron chi connectivity index (χ0n) is 16.4. The van der Waals surface area contributed by atoms with Crippen LogP contribution in [0.2, 0.25) is 0 Å². The van der Waals surface area contributed by atoms with Crippen molar-refractivity contribution < 1.29 is 14.3 Å². The summed E-state index contributed by atoms with van der Waals surface area (Å²) < 4.78 is 12.0. The number of aromatic nitrogens is 2. The van der Waals surface area contributed by atoms with E-state index in [4.69, 9.17) is 14.5 Å². The summed E-state index contributed by atoms with van der Waals surface area (Å²) in [7, 11) is 1.60. The van der Waals surface area contributed by atoms with Gasteiger partial charge in [-0.1, -0.05) is 25.6 Å². The molecule has 0 aliphatic carbocycles. The molecule has 3 rings (SSSR count). The van der Waals surface area contributed by atoms with Gasteiger partial charge in [0, 0.05) is 11.7 Å². The molecule has 1 aliphatic heterocycles. The third-order valence-corrected chi connectivity index (χ3v) is 6.89.